The summed E-state index contributed by atoms with van der Waals surface area (Å²) >= 11 is 0. The number of hydrogen-bond acceptors (Lipinski definition) is 5. The first kappa shape index (κ1) is 16.0. The van der Waals surface area contributed by atoms with Crippen molar-refractivity contribution in [3.8, 4) is 11.5 Å². The number of fused-ring (bicyclic) bond motifs is 1. The number of rotatable bonds is 4. The highest BCUT2D eigenvalue weighted by molar-refractivity contribution is 5.95. The van der Waals surface area contributed by atoms with Gasteiger partial charge >= 0.3 is 0 Å². The van der Waals surface area contributed by atoms with Gasteiger partial charge in [-0.2, -0.15) is 5.10 Å². The van der Waals surface area contributed by atoms with Crippen molar-refractivity contribution in [3.63, 3.8) is 0 Å². The van der Waals surface area contributed by atoms with E-state index in [1.54, 1.807) is 12.1 Å². The molecule has 7 heteroatoms. The fourth-order valence-corrected chi connectivity index (χ4v) is 3.23. The lowest BCUT2D eigenvalue weighted by Crippen LogP contribution is -2.23. The summed E-state index contributed by atoms with van der Waals surface area (Å²) in [5, 5.41) is 23.4. The van der Waals surface area contributed by atoms with Crippen LogP contribution in [-0.4, -0.2) is 28.3 Å². The predicted octanol–water partition coefficient (Wildman–Crippen LogP) is 3.34. The van der Waals surface area contributed by atoms with E-state index in [1.165, 1.54) is 7.11 Å². The van der Waals surface area contributed by atoms with Crippen LogP contribution in [0.2, 0.25) is 0 Å². The molecule has 1 atom stereocenters. The van der Waals surface area contributed by atoms with Gasteiger partial charge in [-0.15, -0.1) is 0 Å². The van der Waals surface area contributed by atoms with Gasteiger partial charge in [0.15, 0.2) is 17.3 Å². The van der Waals surface area contributed by atoms with E-state index in [2.05, 4.69) is 20.8 Å². The highest BCUT2D eigenvalue weighted by Crippen LogP contribution is 2.42. The number of ether oxygens (including phenoxy) is 1. The van der Waals surface area contributed by atoms with Crippen LogP contribution >= 0.6 is 0 Å². The van der Waals surface area contributed by atoms with Gasteiger partial charge in [-0.05, 0) is 29.8 Å². The third-order valence-electron chi connectivity index (χ3n) is 4.45. The Bertz CT molecular complexity index is 953. The average Bonchev–Trinajstić information content (AvgIpc) is 3.04. The third kappa shape index (κ3) is 2.83. The fraction of sp³-hybridized carbons (Fsp3) is 0.158. The van der Waals surface area contributed by atoms with Crippen molar-refractivity contribution in [3.05, 3.63) is 59.7 Å². The summed E-state index contributed by atoms with van der Waals surface area (Å²) in [6, 6.07) is 14.9. The largest absolute Gasteiger partial charge is 0.504 e. The maximum atomic E-state index is 12.1. The van der Waals surface area contributed by atoms with E-state index in [1.807, 2.05) is 36.4 Å². The molecular weight excluding hydrogens is 332 g/mol. The minimum absolute atomic E-state index is 0.0404. The van der Waals surface area contributed by atoms with Crippen LogP contribution in [0.1, 0.15) is 23.5 Å². The number of carbonyl (C=O) groups excluding carboxylic acids is 1. The number of phenolic OH excluding ortho intramolecular Hbond substituents is 1. The van der Waals surface area contributed by atoms with E-state index >= 15 is 0 Å². The molecular formula is C19H18N4O3. The molecule has 2 heterocycles. The molecule has 0 spiro atoms. The zero-order chi connectivity index (χ0) is 18.1. The number of nitrogens with one attached hydrogen (secondary N) is 3. The molecule has 4 N–H and O–H groups in total. The van der Waals surface area contributed by atoms with Crippen molar-refractivity contribution in [2.45, 2.75) is 12.3 Å². The van der Waals surface area contributed by atoms with Crippen molar-refractivity contribution < 1.29 is 14.6 Å². The Kier molecular flexibility index (Phi) is 3.96. The second-order valence-corrected chi connectivity index (χ2v) is 6.09. The summed E-state index contributed by atoms with van der Waals surface area (Å²) in [6.07, 6.45) is 0.266. The number of methoxy groups -OCH3 is 1. The van der Waals surface area contributed by atoms with Crippen molar-refractivity contribution in [1.29, 1.82) is 0 Å². The number of hydrogen-bond donors (Lipinski definition) is 4. The molecule has 3 aromatic rings. The smallest absolute Gasteiger partial charge is 0.226 e. The highest BCUT2D eigenvalue weighted by Gasteiger charge is 2.32. The minimum atomic E-state index is -0.236. The second-order valence-electron chi connectivity index (χ2n) is 6.09. The first-order valence-electron chi connectivity index (χ1n) is 8.23. The van der Waals surface area contributed by atoms with Crippen molar-refractivity contribution >= 4 is 23.2 Å². The second kappa shape index (κ2) is 6.44. The number of nitrogens with zero attached hydrogens (tertiary/aromatic N) is 1. The number of aromatic nitrogens is 2. The Hall–Kier alpha value is -3.48. The Balaban J connectivity index is 1.75. The van der Waals surface area contributed by atoms with Crippen molar-refractivity contribution in [2.75, 3.05) is 17.7 Å². The monoisotopic (exact) mass is 350 g/mol. The zero-order valence-electron chi connectivity index (χ0n) is 14.1. The first-order valence-corrected chi connectivity index (χ1v) is 8.23. The van der Waals surface area contributed by atoms with Crippen molar-refractivity contribution in [2.24, 2.45) is 0 Å². The molecule has 1 aliphatic heterocycles. The molecule has 0 saturated heterocycles. The molecule has 0 unspecified atom stereocenters. The molecule has 1 aromatic heterocycles. The lowest BCUT2D eigenvalue weighted by atomic mass is 9.86. The molecule has 0 bridgehead atoms. The normalized spacial score (nSPS) is 15.9. The van der Waals surface area contributed by atoms with E-state index in [-0.39, 0.29) is 24.0 Å². The van der Waals surface area contributed by atoms with Gasteiger partial charge in [-0.25, -0.2) is 0 Å². The molecule has 0 fully saturated rings. The van der Waals surface area contributed by atoms with E-state index in [4.69, 9.17) is 4.74 Å². The number of amides is 1. The number of aromatic hydroxyl groups is 1. The van der Waals surface area contributed by atoms with Crippen LogP contribution in [0, 0.1) is 0 Å². The van der Waals surface area contributed by atoms with Crippen LogP contribution in [-0.2, 0) is 4.79 Å². The summed E-state index contributed by atoms with van der Waals surface area (Å²) in [6.45, 7) is 0. The maximum Gasteiger partial charge on any atom is 0.226 e. The van der Waals surface area contributed by atoms with E-state index in [0.717, 1.165) is 16.8 Å². The SMILES string of the molecule is COc1ccc([C@@H]2CC(=O)Nc3n[nH]c(Nc4ccccc4)c32)cc1O. The quantitative estimate of drug-likeness (QED) is 0.578. The van der Waals surface area contributed by atoms with Gasteiger partial charge in [0, 0.05) is 23.6 Å². The Morgan fingerprint density at radius 1 is 1.23 bits per heavy atom. The highest BCUT2D eigenvalue weighted by atomic mass is 16.5. The van der Waals surface area contributed by atoms with Gasteiger partial charge in [-0.3, -0.25) is 9.89 Å². The number of H-pyrrole nitrogens is 1. The van der Waals surface area contributed by atoms with Crippen LogP contribution in [0.3, 0.4) is 0 Å². The summed E-state index contributed by atoms with van der Waals surface area (Å²) in [4.78, 5) is 12.1. The van der Waals surface area contributed by atoms with Gasteiger partial charge in [0.1, 0.15) is 5.82 Å². The van der Waals surface area contributed by atoms with Crippen LogP contribution in [0.5, 0.6) is 11.5 Å². The summed E-state index contributed by atoms with van der Waals surface area (Å²) in [7, 11) is 1.50. The van der Waals surface area contributed by atoms with Gasteiger partial charge in [0.05, 0.1) is 7.11 Å². The van der Waals surface area contributed by atoms with Crippen LogP contribution in [0.25, 0.3) is 0 Å². The zero-order valence-corrected chi connectivity index (χ0v) is 14.1. The molecule has 4 rings (SSSR count). The molecule has 1 aliphatic rings. The fourth-order valence-electron chi connectivity index (χ4n) is 3.23. The molecule has 132 valence electrons. The van der Waals surface area contributed by atoms with Gasteiger partial charge in [0.25, 0.3) is 0 Å². The number of carbonyl (C=O) groups is 1. The van der Waals surface area contributed by atoms with Crippen LogP contribution in [0.4, 0.5) is 17.3 Å². The molecule has 2 aromatic carbocycles. The number of aromatic amines is 1. The van der Waals surface area contributed by atoms with Gasteiger partial charge in [0.2, 0.25) is 5.91 Å². The Morgan fingerprint density at radius 3 is 2.77 bits per heavy atom. The van der Waals surface area contributed by atoms with E-state index < -0.39 is 0 Å². The summed E-state index contributed by atoms with van der Waals surface area (Å²) in [5.74, 6) is 1.30. The topological polar surface area (TPSA) is 99.3 Å². The van der Waals surface area contributed by atoms with Gasteiger partial charge < -0.3 is 20.5 Å². The molecule has 0 saturated carbocycles. The van der Waals surface area contributed by atoms with E-state index in [0.29, 0.717) is 17.4 Å². The minimum Gasteiger partial charge on any atom is -0.504 e. The van der Waals surface area contributed by atoms with E-state index in [9.17, 15) is 9.90 Å². The van der Waals surface area contributed by atoms with Crippen LogP contribution < -0.4 is 15.4 Å². The number of benzene rings is 2. The number of phenols is 1. The lowest BCUT2D eigenvalue weighted by molar-refractivity contribution is -0.116. The standard InChI is InChI=1S/C19H18N4O3/c1-26-15-8-7-11(9-14(15)24)13-10-16(25)21-19-17(13)18(22-23-19)20-12-5-3-2-4-6-12/h2-9,13,24H,10H2,1H3,(H3,20,21,22,23,25)/t13-/m0/s1. The lowest BCUT2D eigenvalue weighted by Gasteiger charge is -2.24. The molecule has 7 nitrogen and oxygen atoms in total. The Morgan fingerprint density at radius 2 is 2.04 bits per heavy atom. The maximum absolute atomic E-state index is 12.1. The third-order valence-corrected chi connectivity index (χ3v) is 4.45. The summed E-state index contributed by atoms with van der Waals surface area (Å²) < 4.78 is 5.11. The molecule has 26 heavy (non-hydrogen) atoms. The molecule has 0 radical (unpaired) electrons. The predicted molar refractivity (Wildman–Crippen MR) is 98.1 cm³/mol. The molecule has 0 aliphatic carbocycles. The first-order chi connectivity index (χ1) is 12.7. The van der Waals surface area contributed by atoms with Crippen LogP contribution in [0.15, 0.2) is 48.5 Å². The number of anilines is 3. The summed E-state index contributed by atoms with van der Waals surface area (Å²) in [5.41, 5.74) is 2.59. The van der Waals surface area contributed by atoms with Gasteiger partial charge in [-0.1, -0.05) is 24.3 Å². The Labute approximate surface area is 150 Å². The molecule has 1 amide bonds. The average molecular weight is 350 g/mol. The van der Waals surface area contributed by atoms with Crippen molar-refractivity contribution in [1.82, 2.24) is 10.2 Å². The number of para-hydroxylation sites is 1.